The second-order valence-electron chi connectivity index (χ2n) is 7.67. The number of aromatic hydroxyl groups is 1. The van der Waals surface area contributed by atoms with E-state index >= 15 is 0 Å². The number of thiocarbonyl (C=S) groups is 1. The highest BCUT2D eigenvalue weighted by Crippen LogP contribution is 2.26. The number of hydrazone groups is 1. The van der Waals surface area contributed by atoms with Gasteiger partial charge in [0.2, 0.25) is 11.0 Å². The lowest BCUT2D eigenvalue weighted by Crippen LogP contribution is -2.31. The molecule has 0 unspecified atom stereocenters. The van der Waals surface area contributed by atoms with Gasteiger partial charge in [-0.3, -0.25) is 9.69 Å². The number of carbonyl (C=O) groups excluding carboxylic acids is 1. The van der Waals surface area contributed by atoms with Gasteiger partial charge in [-0.05, 0) is 74.4 Å². The molecule has 33 heavy (non-hydrogen) atoms. The molecule has 0 atom stereocenters. The van der Waals surface area contributed by atoms with Crippen LogP contribution >= 0.6 is 12.2 Å². The molecular weight excluding hydrogens is 442 g/mol. The van der Waals surface area contributed by atoms with E-state index in [0.29, 0.717) is 16.9 Å². The number of benzene rings is 2. The van der Waals surface area contributed by atoms with Gasteiger partial charge in [0, 0.05) is 0 Å². The van der Waals surface area contributed by atoms with Gasteiger partial charge in [-0.25, -0.2) is 14.5 Å². The molecular formula is C23H21N5O4S. The van der Waals surface area contributed by atoms with Crippen LogP contribution in [0.15, 0.2) is 47.6 Å². The fourth-order valence-corrected chi connectivity index (χ4v) is 3.77. The van der Waals surface area contributed by atoms with Crippen LogP contribution in [0.3, 0.4) is 0 Å². The number of anilines is 1. The Morgan fingerprint density at radius 2 is 1.88 bits per heavy atom. The zero-order valence-electron chi connectivity index (χ0n) is 18.2. The number of carboxylic acid groups (broad SMARTS) is 1. The van der Waals surface area contributed by atoms with Crippen molar-refractivity contribution in [3.05, 3.63) is 70.4 Å². The summed E-state index contributed by atoms with van der Waals surface area (Å²) in [5.41, 5.74) is 4.27. The third-order valence-electron chi connectivity index (χ3n) is 5.44. The van der Waals surface area contributed by atoms with Crippen molar-refractivity contribution >= 4 is 41.1 Å². The van der Waals surface area contributed by atoms with Crippen LogP contribution in [0.1, 0.15) is 32.7 Å². The maximum Gasteiger partial charge on any atom is 0.335 e. The predicted molar refractivity (Wildman–Crippen MR) is 127 cm³/mol. The maximum atomic E-state index is 12.6. The summed E-state index contributed by atoms with van der Waals surface area (Å²) >= 11 is 5.41. The van der Waals surface area contributed by atoms with Crippen molar-refractivity contribution < 1.29 is 19.8 Å². The van der Waals surface area contributed by atoms with Gasteiger partial charge in [-0.2, -0.15) is 10.2 Å². The molecule has 9 nitrogen and oxygen atoms in total. The zero-order chi connectivity index (χ0) is 23.9. The summed E-state index contributed by atoms with van der Waals surface area (Å²) in [6.07, 6.45) is 1.41. The molecule has 4 rings (SSSR count). The van der Waals surface area contributed by atoms with Crippen LogP contribution in [0.5, 0.6) is 5.88 Å². The lowest BCUT2D eigenvalue weighted by atomic mass is 10.1. The number of amides is 1. The van der Waals surface area contributed by atoms with Gasteiger partial charge < -0.3 is 10.2 Å². The summed E-state index contributed by atoms with van der Waals surface area (Å²) in [7, 11) is 0. The fraction of sp³-hybridized carbons (Fsp3) is 0.174. The van der Waals surface area contributed by atoms with Gasteiger partial charge in [0.05, 0.1) is 34.4 Å². The molecule has 3 aromatic rings. The predicted octanol–water partition coefficient (Wildman–Crippen LogP) is 3.17. The number of aryl methyl sites for hydroxylation is 3. The molecule has 0 radical (unpaired) electrons. The first-order valence-electron chi connectivity index (χ1n) is 10.1. The molecule has 10 heteroatoms. The topological polar surface area (TPSA) is 111 Å². The first-order chi connectivity index (χ1) is 15.7. The summed E-state index contributed by atoms with van der Waals surface area (Å²) in [5, 5.41) is 30.1. The van der Waals surface area contributed by atoms with Gasteiger partial charge >= 0.3 is 5.97 Å². The number of hydrogen-bond donors (Lipinski definition) is 2. The molecule has 0 spiro atoms. The summed E-state index contributed by atoms with van der Waals surface area (Å²) in [5.74, 6) is -1.52. The Hall–Kier alpha value is -4.05. The van der Waals surface area contributed by atoms with Crippen molar-refractivity contribution in [3.8, 4) is 11.6 Å². The van der Waals surface area contributed by atoms with Crippen LogP contribution in [0, 0.1) is 20.8 Å². The van der Waals surface area contributed by atoms with Gasteiger partial charge in [0.25, 0.3) is 5.91 Å². The van der Waals surface area contributed by atoms with E-state index < -0.39 is 5.97 Å². The third-order valence-corrected chi connectivity index (χ3v) is 5.83. The van der Waals surface area contributed by atoms with Crippen LogP contribution in [-0.2, 0) is 4.79 Å². The Balaban J connectivity index is 1.60. The van der Waals surface area contributed by atoms with E-state index in [1.54, 1.807) is 19.1 Å². The highest BCUT2D eigenvalue weighted by Gasteiger charge is 2.34. The Kier molecular flexibility index (Phi) is 5.69. The number of carbonyl (C=O) groups is 2. The summed E-state index contributed by atoms with van der Waals surface area (Å²) < 4.78 is 1.43. The minimum Gasteiger partial charge on any atom is -0.493 e. The Bertz CT molecular complexity index is 1330. The molecule has 2 N–H and O–H groups in total. The molecule has 1 aliphatic rings. The molecule has 1 fully saturated rings. The first-order valence-corrected chi connectivity index (χ1v) is 10.5. The van der Waals surface area contributed by atoms with Crippen molar-refractivity contribution in [3.63, 3.8) is 0 Å². The average Bonchev–Trinajstić information content (AvgIpc) is 3.22. The number of nitrogens with zero attached hydrogens (tertiary/aromatic N) is 5. The number of rotatable bonds is 5. The SMILES string of the molecule is Cc1ccc(-n2nc(C)c(/C=N/N3CC(=O)N(c4cccc(C(=O)O)c4)C3=S)c2O)cc1C. The molecule has 1 aliphatic heterocycles. The second kappa shape index (κ2) is 8.47. The molecule has 0 saturated carbocycles. The van der Waals surface area contributed by atoms with Crippen LogP contribution in [0.4, 0.5) is 5.69 Å². The van der Waals surface area contributed by atoms with E-state index in [-0.39, 0.29) is 29.0 Å². The molecule has 1 amide bonds. The van der Waals surface area contributed by atoms with E-state index in [0.717, 1.165) is 16.8 Å². The van der Waals surface area contributed by atoms with Crippen LogP contribution in [0.2, 0.25) is 0 Å². The molecule has 2 heterocycles. The van der Waals surface area contributed by atoms with Gasteiger partial charge in [0.15, 0.2) is 0 Å². The smallest absolute Gasteiger partial charge is 0.335 e. The molecule has 2 aromatic carbocycles. The zero-order valence-corrected chi connectivity index (χ0v) is 19.0. The number of aromatic nitrogens is 2. The molecule has 1 saturated heterocycles. The van der Waals surface area contributed by atoms with Crippen molar-refractivity contribution in [1.82, 2.24) is 14.8 Å². The normalized spacial score (nSPS) is 14.0. The Labute approximate surface area is 195 Å². The minimum absolute atomic E-state index is 0.0457. The van der Waals surface area contributed by atoms with E-state index in [1.165, 1.54) is 32.9 Å². The van der Waals surface area contributed by atoms with Crippen LogP contribution < -0.4 is 4.90 Å². The number of carboxylic acids is 1. The standard InChI is InChI=1S/C23H21N5O4S/c1-13-7-8-18(9-14(13)2)28-21(30)19(15(3)25-28)11-24-26-12-20(29)27(23(26)33)17-6-4-5-16(10-17)22(31)32/h4-11,30H,12H2,1-3H3,(H,31,32)/b24-11+. The van der Waals surface area contributed by atoms with Gasteiger partial charge in [0.1, 0.15) is 6.54 Å². The van der Waals surface area contributed by atoms with E-state index in [1.807, 2.05) is 32.0 Å². The lowest BCUT2D eigenvalue weighted by Gasteiger charge is -2.17. The van der Waals surface area contributed by atoms with E-state index in [4.69, 9.17) is 12.2 Å². The van der Waals surface area contributed by atoms with Crippen molar-refractivity contribution in [1.29, 1.82) is 0 Å². The summed E-state index contributed by atoms with van der Waals surface area (Å²) in [4.78, 5) is 25.1. The maximum absolute atomic E-state index is 12.6. The Morgan fingerprint density at radius 1 is 1.12 bits per heavy atom. The summed E-state index contributed by atoms with van der Waals surface area (Å²) in [6.45, 7) is 5.62. The van der Waals surface area contributed by atoms with Crippen molar-refractivity contribution in [2.24, 2.45) is 5.10 Å². The van der Waals surface area contributed by atoms with Gasteiger partial charge in [-0.15, -0.1) is 0 Å². The molecule has 168 valence electrons. The largest absolute Gasteiger partial charge is 0.493 e. The lowest BCUT2D eigenvalue weighted by molar-refractivity contribution is -0.116. The van der Waals surface area contributed by atoms with E-state index in [2.05, 4.69) is 10.2 Å². The number of aromatic carboxylic acids is 1. The van der Waals surface area contributed by atoms with Crippen LogP contribution in [0.25, 0.3) is 5.69 Å². The van der Waals surface area contributed by atoms with Crippen molar-refractivity contribution in [2.45, 2.75) is 20.8 Å². The summed E-state index contributed by atoms with van der Waals surface area (Å²) in [6, 6.07) is 11.7. The van der Waals surface area contributed by atoms with E-state index in [9.17, 15) is 19.8 Å². The van der Waals surface area contributed by atoms with Gasteiger partial charge in [-0.1, -0.05) is 12.1 Å². The fourth-order valence-electron chi connectivity index (χ4n) is 3.45. The second-order valence-corrected chi connectivity index (χ2v) is 8.04. The quantitative estimate of drug-likeness (QED) is 0.442. The first kappa shape index (κ1) is 22.2. The average molecular weight is 464 g/mol. The Morgan fingerprint density at radius 3 is 2.58 bits per heavy atom. The molecule has 1 aromatic heterocycles. The van der Waals surface area contributed by atoms with Crippen molar-refractivity contribution in [2.75, 3.05) is 11.4 Å². The number of hydrogen-bond acceptors (Lipinski definition) is 6. The highest BCUT2D eigenvalue weighted by molar-refractivity contribution is 7.80. The highest BCUT2D eigenvalue weighted by atomic mass is 32.1. The third kappa shape index (κ3) is 4.08. The monoisotopic (exact) mass is 463 g/mol. The minimum atomic E-state index is -1.10. The van der Waals surface area contributed by atoms with Crippen LogP contribution in [-0.4, -0.2) is 54.8 Å². The molecule has 0 aliphatic carbocycles. The molecule has 0 bridgehead atoms.